The molecule has 0 aliphatic heterocycles. The summed E-state index contributed by atoms with van der Waals surface area (Å²) >= 11 is 0.943. The lowest BCUT2D eigenvalue weighted by Gasteiger charge is -2.19. The minimum Gasteiger partial charge on any atom is -0.443 e. The third kappa shape index (κ3) is 5.87. The van der Waals surface area contributed by atoms with Crippen molar-refractivity contribution in [2.75, 3.05) is 5.75 Å². The SMILES string of the molecule is Cc1c(CNNC(=O)OC(C)(C)C)sc2c1c(=O)n(C1CC1)c(=O)n2CCSC(F)(F)F. The molecule has 2 heterocycles. The fourth-order valence-corrected chi connectivity index (χ4v) is 4.94. The van der Waals surface area contributed by atoms with Crippen molar-refractivity contribution in [3.05, 3.63) is 31.3 Å². The maximum atomic E-state index is 13.0. The van der Waals surface area contributed by atoms with Crippen molar-refractivity contribution in [2.45, 2.75) is 70.8 Å². The number of alkyl halides is 3. The molecule has 2 N–H and O–H groups in total. The van der Waals surface area contributed by atoms with Gasteiger partial charge in [-0.05, 0) is 57.9 Å². The first-order valence-corrected chi connectivity index (χ1v) is 11.8. The van der Waals surface area contributed by atoms with E-state index in [1.165, 1.54) is 4.57 Å². The van der Waals surface area contributed by atoms with E-state index in [4.69, 9.17) is 4.74 Å². The summed E-state index contributed by atoms with van der Waals surface area (Å²) in [6.45, 7) is 6.88. The van der Waals surface area contributed by atoms with Crippen molar-refractivity contribution in [1.29, 1.82) is 0 Å². The number of rotatable bonds is 7. The van der Waals surface area contributed by atoms with E-state index in [0.29, 0.717) is 33.5 Å². The Bertz CT molecular complexity index is 1130. The van der Waals surface area contributed by atoms with Gasteiger partial charge in [0.1, 0.15) is 10.4 Å². The van der Waals surface area contributed by atoms with Gasteiger partial charge in [-0.25, -0.2) is 15.0 Å². The molecule has 1 amide bonds. The fraction of sp³-hybridized carbons (Fsp3) is 0.632. The number of carbonyl (C=O) groups excluding carboxylic acids is 1. The van der Waals surface area contributed by atoms with Gasteiger partial charge in [-0.2, -0.15) is 13.2 Å². The third-order valence-electron chi connectivity index (χ3n) is 4.67. The van der Waals surface area contributed by atoms with Crippen molar-refractivity contribution in [3.8, 4) is 0 Å². The summed E-state index contributed by atoms with van der Waals surface area (Å²) in [4.78, 5) is 38.8. The molecule has 8 nitrogen and oxygen atoms in total. The first-order valence-electron chi connectivity index (χ1n) is 9.98. The van der Waals surface area contributed by atoms with Crippen LogP contribution in [0.4, 0.5) is 18.0 Å². The van der Waals surface area contributed by atoms with E-state index in [2.05, 4.69) is 10.9 Å². The lowest BCUT2D eigenvalue weighted by molar-refractivity contribution is -0.0328. The van der Waals surface area contributed by atoms with E-state index in [1.807, 2.05) is 0 Å². The number of nitrogens with one attached hydrogen (secondary N) is 2. The number of fused-ring (bicyclic) bond motifs is 1. The van der Waals surface area contributed by atoms with Gasteiger partial charge in [-0.3, -0.25) is 19.4 Å². The van der Waals surface area contributed by atoms with Gasteiger partial charge in [0.25, 0.3) is 5.56 Å². The molecule has 0 spiro atoms. The summed E-state index contributed by atoms with van der Waals surface area (Å²) in [6, 6.07) is -0.212. The molecule has 32 heavy (non-hydrogen) atoms. The quantitative estimate of drug-likeness (QED) is 0.571. The zero-order valence-corrected chi connectivity index (χ0v) is 19.7. The largest absolute Gasteiger partial charge is 0.443 e. The maximum absolute atomic E-state index is 13.0. The number of nitrogens with zero attached hydrogens (tertiary/aromatic N) is 2. The molecule has 0 radical (unpaired) electrons. The number of amides is 1. The van der Waals surface area contributed by atoms with E-state index in [-0.39, 0.29) is 36.6 Å². The molecule has 0 unspecified atom stereocenters. The van der Waals surface area contributed by atoms with Crippen LogP contribution in [0.5, 0.6) is 0 Å². The number of aryl methyl sites for hydroxylation is 2. The van der Waals surface area contributed by atoms with Gasteiger partial charge in [0.2, 0.25) is 0 Å². The van der Waals surface area contributed by atoms with Gasteiger partial charge >= 0.3 is 17.3 Å². The van der Waals surface area contributed by atoms with Crippen LogP contribution in [0.15, 0.2) is 9.59 Å². The summed E-state index contributed by atoms with van der Waals surface area (Å²) in [7, 11) is 0. The second kappa shape index (κ2) is 9.10. The van der Waals surface area contributed by atoms with E-state index in [0.717, 1.165) is 15.9 Å². The second-order valence-electron chi connectivity index (χ2n) is 8.45. The minimum atomic E-state index is -4.40. The Morgan fingerprint density at radius 2 is 1.91 bits per heavy atom. The molecule has 1 aliphatic carbocycles. The Morgan fingerprint density at radius 3 is 2.47 bits per heavy atom. The molecule has 13 heteroatoms. The predicted octanol–water partition coefficient (Wildman–Crippen LogP) is 3.65. The van der Waals surface area contributed by atoms with Crippen LogP contribution < -0.4 is 22.1 Å². The van der Waals surface area contributed by atoms with Crippen LogP contribution in [-0.2, 0) is 17.8 Å². The summed E-state index contributed by atoms with van der Waals surface area (Å²) in [5.74, 6) is -0.341. The number of ether oxygens (including phenoxy) is 1. The van der Waals surface area contributed by atoms with Crippen molar-refractivity contribution < 1.29 is 22.7 Å². The highest BCUT2D eigenvalue weighted by molar-refractivity contribution is 8.00. The average Bonchev–Trinajstić information content (AvgIpc) is 3.40. The van der Waals surface area contributed by atoms with Crippen LogP contribution in [0.3, 0.4) is 0 Å². The minimum absolute atomic E-state index is 0.152. The Balaban J connectivity index is 1.90. The first kappa shape index (κ1) is 24.6. The fourth-order valence-electron chi connectivity index (χ4n) is 3.18. The molecule has 0 atom stereocenters. The highest BCUT2D eigenvalue weighted by atomic mass is 32.2. The zero-order chi connectivity index (χ0) is 23.8. The highest BCUT2D eigenvalue weighted by Gasteiger charge is 2.31. The van der Waals surface area contributed by atoms with Gasteiger partial charge in [-0.1, -0.05) is 0 Å². The van der Waals surface area contributed by atoms with Gasteiger partial charge in [-0.15, -0.1) is 11.3 Å². The lowest BCUT2D eigenvalue weighted by Crippen LogP contribution is -2.40. The Labute approximate surface area is 190 Å². The lowest BCUT2D eigenvalue weighted by atomic mass is 10.2. The molecule has 1 saturated carbocycles. The van der Waals surface area contributed by atoms with E-state index >= 15 is 0 Å². The van der Waals surface area contributed by atoms with Crippen molar-refractivity contribution in [3.63, 3.8) is 0 Å². The smallest absolute Gasteiger partial charge is 0.441 e. The van der Waals surface area contributed by atoms with Crippen LogP contribution in [0.1, 0.15) is 50.1 Å². The Kier molecular flexibility index (Phi) is 7.01. The Hall–Kier alpha value is -1.99. The summed E-state index contributed by atoms with van der Waals surface area (Å²) in [5.41, 5.74) is -0.317. The van der Waals surface area contributed by atoms with Crippen molar-refractivity contribution in [2.24, 2.45) is 0 Å². The normalized spacial score (nSPS) is 14.7. The van der Waals surface area contributed by atoms with E-state index in [9.17, 15) is 27.6 Å². The van der Waals surface area contributed by atoms with E-state index < -0.39 is 28.5 Å². The molecule has 0 bridgehead atoms. The molecule has 0 saturated heterocycles. The molecule has 3 rings (SSSR count). The van der Waals surface area contributed by atoms with Gasteiger partial charge in [0.05, 0.1) is 5.39 Å². The highest BCUT2D eigenvalue weighted by Crippen LogP contribution is 2.35. The second-order valence-corrected chi connectivity index (χ2v) is 10.7. The topological polar surface area (TPSA) is 94.4 Å². The zero-order valence-electron chi connectivity index (χ0n) is 18.1. The van der Waals surface area contributed by atoms with Crippen LogP contribution in [-0.4, -0.2) is 32.1 Å². The van der Waals surface area contributed by atoms with Crippen LogP contribution in [0.25, 0.3) is 10.2 Å². The summed E-state index contributed by atoms with van der Waals surface area (Å²) in [6.07, 6.45) is 0.707. The number of halogens is 3. The number of carbonyl (C=O) groups is 1. The van der Waals surface area contributed by atoms with Gasteiger partial charge < -0.3 is 4.74 Å². The van der Waals surface area contributed by atoms with Gasteiger partial charge in [0.15, 0.2) is 0 Å². The molecular formula is C19H25F3N4O4S2. The van der Waals surface area contributed by atoms with Crippen LogP contribution >= 0.6 is 23.1 Å². The number of aromatic nitrogens is 2. The predicted molar refractivity (Wildman–Crippen MR) is 118 cm³/mol. The van der Waals surface area contributed by atoms with Crippen LogP contribution in [0.2, 0.25) is 0 Å². The number of hydrogen-bond acceptors (Lipinski definition) is 7. The molecule has 2 aromatic heterocycles. The molecular weight excluding hydrogens is 469 g/mol. The number of thioether (sulfide) groups is 1. The van der Waals surface area contributed by atoms with Crippen LogP contribution in [0, 0.1) is 6.92 Å². The van der Waals surface area contributed by atoms with E-state index in [1.54, 1.807) is 27.7 Å². The van der Waals surface area contributed by atoms with Crippen molar-refractivity contribution >= 4 is 39.4 Å². The average molecular weight is 495 g/mol. The molecule has 0 aromatic carbocycles. The Morgan fingerprint density at radius 1 is 1.25 bits per heavy atom. The monoisotopic (exact) mass is 494 g/mol. The number of hydrazine groups is 1. The first-order chi connectivity index (χ1) is 14.8. The number of thiophene rings is 1. The van der Waals surface area contributed by atoms with Crippen molar-refractivity contribution in [1.82, 2.24) is 20.0 Å². The summed E-state index contributed by atoms with van der Waals surface area (Å²) in [5, 5.41) is 0.326. The number of hydrogen-bond donors (Lipinski definition) is 2. The third-order valence-corrected chi connectivity index (χ3v) is 6.70. The maximum Gasteiger partial charge on any atom is 0.441 e. The molecule has 178 valence electrons. The standard InChI is InChI=1S/C19H25F3N4O4S2/c1-10-12(9-23-24-16(28)30-18(2,3)4)32-15-13(10)14(27)26(11-5-6-11)17(29)25(15)7-8-31-19(20,21)22/h11,23H,5-9H2,1-4H3,(H,24,28). The molecule has 1 fully saturated rings. The molecule has 1 aliphatic rings. The molecule has 2 aromatic rings. The van der Waals surface area contributed by atoms with Gasteiger partial charge in [0, 0.05) is 29.8 Å². The summed E-state index contributed by atoms with van der Waals surface area (Å²) < 4.78 is 45.4.